The Bertz CT molecular complexity index is 231. The summed E-state index contributed by atoms with van der Waals surface area (Å²) >= 11 is 3.25. The van der Waals surface area contributed by atoms with E-state index in [-0.39, 0.29) is 5.97 Å². The van der Waals surface area contributed by atoms with Gasteiger partial charge in [0.2, 0.25) is 0 Å². The number of thiophene rings is 1. The molecule has 0 aliphatic heterocycles. The molecule has 2 nitrogen and oxygen atoms in total. The maximum Gasteiger partial charge on any atom is 0.315 e. The van der Waals surface area contributed by atoms with Gasteiger partial charge < -0.3 is 4.74 Å². The van der Waals surface area contributed by atoms with E-state index >= 15 is 0 Å². The van der Waals surface area contributed by atoms with Crippen LogP contribution in [-0.2, 0) is 15.3 Å². The van der Waals surface area contributed by atoms with Crippen LogP contribution in [0.15, 0.2) is 16.8 Å². The molecule has 0 radical (unpaired) electrons. The molecule has 4 heteroatoms. The number of hydrogen-bond donors (Lipinski definition) is 0. The van der Waals surface area contributed by atoms with Crippen molar-refractivity contribution in [3.05, 3.63) is 22.4 Å². The van der Waals surface area contributed by atoms with Crippen molar-refractivity contribution < 1.29 is 9.53 Å². The lowest BCUT2D eigenvalue weighted by molar-refractivity contribution is -0.137. The molecule has 1 heterocycles. The Kier molecular flexibility index (Phi) is 4.18. The van der Waals surface area contributed by atoms with Gasteiger partial charge in [-0.1, -0.05) is 0 Å². The van der Waals surface area contributed by atoms with Crippen LogP contribution in [-0.4, -0.2) is 18.8 Å². The minimum atomic E-state index is -0.157. The summed E-state index contributed by atoms with van der Waals surface area (Å²) in [5, 5.41) is 4.12. The van der Waals surface area contributed by atoms with Gasteiger partial charge in [-0.25, -0.2) is 0 Å². The topological polar surface area (TPSA) is 26.3 Å². The first-order valence-corrected chi connectivity index (χ1v) is 5.58. The monoisotopic (exact) mass is 202 g/mol. The van der Waals surface area contributed by atoms with Crippen molar-refractivity contribution >= 4 is 29.1 Å². The summed E-state index contributed by atoms with van der Waals surface area (Å²) in [5.41, 5.74) is 1.27. The molecule has 1 rings (SSSR count). The van der Waals surface area contributed by atoms with E-state index in [9.17, 15) is 4.79 Å². The van der Waals surface area contributed by atoms with E-state index in [2.05, 4.69) is 16.2 Å². The van der Waals surface area contributed by atoms with Gasteiger partial charge in [-0.2, -0.15) is 11.3 Å². The number of thioether (sulfide) groups is 1. The molecule has 0 saturated carbocycles. The molecule has 0 fully saturated rings. The van der Waals surface area contributed by atoms with Crippen LogP contribution in [0.3, 0.4) is 0 Å². The molecule has 0 N–H and O–H groups in total. The van der Waals surface area contributed by atoms with Crippen LogP contribution in [0.4, 0.5) is 0 Å². The third-order valence-corrected chi connectivity index (χ3v) is 3.01. The third kappa shape index (κ3) is 3.28. The molecule has 0 spiro atoms. The molecule has 12 heavy (non-hydrogen) atoms. The van der Waals surface area contributed by atoms with Gasteiger partial charge in [-0.3, -0.25) is 4.79 Å². The van der Waals surface area contributed by atoms with Crippen LogP contribution in [0, 0.1) is 0 Å². The fraction of sp³-hybridized carbons (Fsp3) is 0.375. The van der Waals surface area contributed by atoms with E-state index in [1.54, 1.807) is 23.1 Å². The maximum absolute atomic E-state index is 10.7. The van der Waals surface area contributed by atoms with Crippen LogP contribution in [0.1, 0.15) is 5.56 Å². The average molecular weight is 202 g/mol. The van der Waals surface area contributed by atoms with Crippen LogP contribution in [0.2, 0.25) is 0 Å². The van der Waals surface area contributed by atoms with Gasteiger partial charge in [0.15, 0.2) is 0 Å². The largest absolute Gasteiger partial charge is 0.468 e. The predicted octanol–water partition coefficient (Wildman–Crippen LogP) is 2.15. The molecule has 0 aromatic carbocycles. The van der Waals surface area contributed by atoms with Gasteiger partial charge in [0.25, 0.3) is 0 Å². The molecule has 0 amide bonds. The molecule has 1 aromatic heterocycles. The van der Waals surface area contributed by atoms with Crippen molar-refractivity contribution in [3.63, 3.8) is 0 Å². The fourth-order valence-corrected chi connectivity index (χ4v) is 2.26. The predicted molar refractivity (Wildman–Crippen MR) is 52.5 cm³/mol. The number of carbonyl (C=O) groups excluding carboxylic acids is 1. The van der Waals surface area contributed by atoms with Crippen molar-refractivity contribution in [1.29, 1.82) is 0 Å². The highest BCUT2D eigenvalue weighted by molar-refractivity contribution is 7.99. The molecule has 0 atom stereocenters. The van der Waals surface area contributed by atoms with Crippen LogP contribution in [0.25, 0.3) is 0 Å². The minimum absolute atomic E-state index is 0.157. The molecule has 0 saturated heterocycles. The van der Waals surface area contributed by atoms with E-state index in [4.69, 9.17) is 0 Å². The first kappa shape index (κ1) is 9.61. The number of hydrogen-bond acceptors (Lipinski definition) is 4. The molecule has 0 unspecified atom stereocenters. The molecule has 66 valence electrons. The van der Waals surface area contributed by atoms with E-state index in [1.165, 1.54) is 12.7 Å². The van der Waals surface area contributed by atoms with E-state index < -0.39 is 0 Å². The lowest BCUT2D eigenvalue weighted by Crippen LogP contribution is -2.02. The Labute approximate surface area is 79.9 Å². The van der Waals surface area contributed by atoms with E-state index in [1.807, 2.05) is 5.38 Å². The van der Waals surface area contributed by atoms with Gasteiger partial charge in [-0.15, -0.1) is 11.8 Å². The normalized spacial score (nSPS) is 9.75. The molecule has 1 aromatic rings. The number of ether oxygens (including phenoxy) is 1. The second-order valence-corrected chi connectivity index (χ2v) is 3.97. The minimum Gasteiger partial charge on any atom is -0.468 e. The summed E-state index contributed by atoms with van der Waals surface area (Å²) < 4.78 is 4.51. The smallest absolute Gasteiger partial charge is 0.315 e. The average Bonchev–Trinajstić information content (AvgIpc) is 2.57. The van der Waals surface area contributed by atoms with Crippen molar-refractivity contribution in [2.24, 2.45) is 0 Å². The highest BCUT2D eigenvalue weighted by Crippen LogP contribution is 2.14. The van der Waals surface area contributed by atoms with Crippen molar-refractivity contribution in [1.82, 2.24) is 0 Å². The number of methoxy groups -OCH3 is 1. The lowest BCUT2D eigenvalue weighted by Gasteiger charge is -1.97. The van der Waals surface area contributed by atoms with Crippen molar-refractivity contribution in [3.8, 4) is 0 Å². The Balaban J connectivity index is 2.15. The van der Waals surface area contributed by atoms with Gasteiger partial charge in [0.1, 0.15) is 0 Å². The molecular formula is C8H10O2S2. The van der Waals surface area contributed by atoms with Crippen LogP contribution in [0.5, 0.6) is 0 Å². The van der Waals surface area contributed by atoms with Crippen molar-refractivity contribution in [2.75, 3.05) is 12.9 Å². The Morgan fingerprint density at radius 2 is 2.58 bits per heavy atom. The van der Waals surface area contributed by atoms with E-state index in [0.717, 1.165) is 5.75 Å². The first-order valence-electron chi connectivity index (χ1n) is 3.48. The number of carbonyl (C=O) groups is 1. The van der Waals surface area contributed by atoms with Crippen LogP contribution < -0.4 is 0 Å². The SMILES string of the molecule is COC(=O)CSCc1ccsc1. The zero-order chi connectivity index (χ0) is 8.81. The lowest BCUT2D eigenvalue weighted by atomic mass is 10.4. The Hall–Kier alpha value is -0.480. The van der Waals surface area contributed by atoms with Crippen LogP contribution >= 0.6 is 23.1 Å². The number of esters is 1. The van der Waals surface area contributed by atoms with Gasteiger partial charge in [0.05, 0.1) is 12.9 Å². The maximum atomic E-state index is 10.7. The first-order chi connectivity index (χ1) is 5.83. The van der Waals surface area contributed by atoms with E-state index in [0.29, 0.717) is 5.75 Å². The number of rotatable bonds is 4. The molecular weight excluding hydrogens is 192 g/mol. The second-order valence-electron chi connectivity index (χ2n) is 2.20. The summed E-state index contributed by atoms with van der Waals surface area (Å²) in [5.74, 6) is 1.17. The molecule has 0 bridgehead atoms. The zero-order valence-corrected chi connectivity index (χ0v) is 8.41. The van der Waals surface area contributed by atoms with Crippen molar-refractivity contribution in [2.45, 2.75) is 5.75 Å². The Morgan fingerprint density at radius 3 is 3.17 bits per heavy atom. The molecule has 0 aliphatic carbocycles. The summed E-state index contributed by atoms with van der Waals surface area (Å²) in [7, 11) is 1.41. The summed E-state index contributed by atoms with van der Waals surface area (Å²) in [4.78, 5) is 10.7. The fourth-order valence-electron chi connectivity index (χ4n) is 0.686. The standard InChI is InChI=1S/C8H10O2S2/c1-10-8(9)6-12-5-7-2-3-11-4-7/h2-4H,5-6H2,1H3. The molecule has 0 aliphatic rings. The second kappa shape index (κ2) is 5.22. The highest BCUT2D eigenvalue weighted by atomic mass is 32.2. The zero-order valence-electron chi connectivity index (χ0n) is 6.78. The highest BCUT2D eigenvalue weighted by Gasteiger charge is 2.00. The third-order valence-electron chi connectivity index (χ3n) is 1.30. The van der Waals surface area contributed by atoms with Gasteiger partial charge >= 0.3 is 5.97 Å². The summed E-state index contributed by atoms with van der Waals surface area (Å²) in [6.07, 6.45) is 0. The summed E-state index contributed by atoms with van der Waals surface area (Å²) in [6, 6.07) is 2.06. The summed E-state index contributed by atoms with van der Waals surface area (Å²) in [6.45, 7) is 0. The quantitative estimate of drug-likeness (QED) is 0.700. The Morgan fingerprint density at radius 1 is 1.75 bits per heavy atom. The van der Waals surface area contributed by atoms with Gasteiger partial charge in [0, 0.05) is 5.75 Å². The van der Waals surface area contributed by atoms with Gasteiger partial charge in [-0.05, 0) is 22.4 Å².